The predicted octanol–water partition coefficient (Wildman–Crippen LogP) is 3.14. The maximum absolute atomic E-state index is 12.9. The molecule has 0 aliphatic carbocycles. The lowest BCUT2D eigenvalue weighted by Crippen LogP contribution is -2.35. The number of hydrogen-bond donors (Lipinski definition) is 2. The molecule has 1 atom stereocenters. The molecule has 0 saturated carbocycles. The van der Waals surface area contributed by atoms with Crippen molar-refractivity contribution in [3.63, 3.8) is 0 Å². The minimum atomic E-state index is -3.93. The van der Waals surface area contributed by atoms with Crippen molar-refractivity contribution in [3.8, 4) is 0 Å². The van der Waals surface area contributed by atoms with Gasteiger partial charge in [-0.25, -0.2) is 8.42 Å². The second-order valence-corrected chi connectivity index (χ2v) is 9.08. The van der Waals surface area contributed by atoms with E-state index in [1.54, 1.807) is 25.1 Å². The number of hydrogen-bond acceptors (Lipinski definition) is 4. The molecular weight excluding hydrogens is 414 g/mol. The van der Waals surface area contributed by atoms with Gasteiger partial charge in [0.2, 0.25) is 5.91 Å². The van der Waals surface area contributed by atoms with Crippen LogP contribution in [0.5, 0.6) is 0 Å². The third-order valence-corrected chi connectivity index (χ3v) is 6.33. The number of amides is 1. The number of aromatic nitrogens is 1. The Hall–Kier alpha value is -3.39. The third kappa shape index (κ3) is 5.40. The van der Waals surface area contributed by atoms with Crippen LogP contribution in [0.3, 0.4) is 0 Å². The van der Waals surface area contributed by atoms with E-state index in [4.69, 9.17) is 0 Å². The zero-order chi connectivity index (χ0) is 22.6. The van der Waals surface area contributed by atoms with E-state index in [9.17, 15) is 18.0 Å². The molecule has 2 aromatic carbocycles. The molecule has 1 amide bonds. The maximum Gasteiger partial charge on any atom is 0.275 e. The summed E-state index contributed by atoms with van der Waals surface area (Å²) in [5.41, 5.74) is 1.71. The summed E-state index contributed by atoms with van der Waals surface area (Å²) in [6.07, 6.45) is 0. The van der Waals surface area contributed by atoms with Crippen molar-refractivity contribution < 1.29 is 13.2 Å². The molecule has 31 heavy (non-hydrogen) atoms. The van der Waals surface area contributed by atoms with Crippen molar-refractivity contribution in [2.24, 2.45) is 0 Å². The van der Waals surface area contributed by atoms with Crippen molar-refractivity contribution in [2.75, 3.05) is 4.72 Å². The van der Waals surface area contributed by atoms with Crippen LogP contribution in [0.4, 0.5) is 5.69 Å². The average Bonchev–Trinajstić information content (AvgIpc) is 2.74. The summed E-state index contributed by atoms with van der Waals surface area (Å²) in [5.74, 6) is -0.347. The van der Waals surface area contributed by atoms with Crippen LogP contribution in [-0.2, 0) is 21.4 Å². The summed E-state index contributed by atoms with van der Waals surface area (Å²) in [4.78, 5) is 25.5. The van der Waals surface area contributed by atoms with Crippen LogP contribution in [0.25, 0.3) is 0 Å². The SMILES string of the molecule is Cc1ccc(S(=O)(=O)Nc2ccc(C)n(CC(=O)N[C@H](C)c3ccccc3)c2=O)cc1. The van der Waals surface area contributed by atoms with Crippen LogP contribution >= 0.6 is 0 Å². The quantitative estimate of drug-likeness (QED) is 0.591. The van der Waals surface area contributed by atoms with Crippen LogP contribution in [0.1, 0.15) is 29.8 Å². The number of anilines is 1. The highest BCUT2D eigenvalue weighted by atomic mass is 32.2. The smallest absolute Gasteiger partial charge is 0.275 e. The molecule has 0 spiro atoms. The number of carbonyl (C=O) groups excluding carboxylic acids is 1. The molecule has 0 unspecified atom stereocenters. The average molecular weight is 440 g/mol. The summed E-state index contributed by atoms with van der Waals surface area (Å²) in [7, 11) is -3.93. The molecule has 2 N–H and O–H groups in total. The molecule has 1 heterocycles. The fraction of sp³-hybridized carbons (Fsp3) is 0.217. The first kappa shape index (κ1) is 22.3. The van der Waals surface area contributed by atoms with E-state index in [-0.39, 0.29) is 29.1 Å². The zero-order valence-corrected chi connectivity index (χ0v) is 18.4. The van der Waals surface area contributed by atoms with Gasteiger partial charge in [0.05, 0.1) is 10.9 Å². The monoisotopic (exact) mass is 439 g/mol. The van der Waals surface area contributed by atoms with Crippen LogP contribution < -0.4 is 15.6 Å². The molecule has 1 aromatic heterocycles. The van der Waals surface area contributed by atoms with Crippen LogP contribution in [0.2, 0.25) is 0 Å². The molecule has 0 aliphatic rings. The lowest BCUT2D eigenvalue weighted by atomic mass is 10.1. The Labute approximate surface area is 181 Å². The summed E-state index contributed by atoms with van der Waals surface area (Å²) < 4.78 is 28.9. The molecule has 0 fully saturated rings. The topological polar surface area (TPSA) is 97.3 Å². The largest absolute Gasteiger partial charge is 0.348 e. The predicted molar refractivity (Wildman–Crippen MR) is 120 cm³/mol. The van der Waals surface area contributed by atoms with E-state index in [0.29, 0.717) is 5.69 Å². The summed E-state index contributed by atoms with van der Waals surface area (Å²) in [6.45, 7) is 5.18. The Morgan fingerprint density at radius 3 is 2.26 bits per heavy atom. The molecular formula is C23H25N3O4S. The first-order valence-corrected chi connectivity index (χ1v) is 11.3. The van der Waals surface area contributed by atoms with Crippen LogP contribution in [-0.4, -0.2) is 18.9 Å². The summed E-state index contributed by atoms with van der Waals surface area (Å²) in [5, 5.41) is 2.86. The van der Waals surface area contributed by atoms with Crippen molar-refractivity contribution in [3.05, 3.63) is 93.9 Å². The molecule has 3 aromatic rings. The fourth-order valence-electron chi connectivity index (χ4n) is 3.12. The summed E-state index contributed by atoms with van der Waals surface area (Å²) in [6, 6.07) is 18.6. The number of nitrogens with one attached hydrogen (secondary N) is 2. The van der Waals surface area contributed by atoms with Gasteiger partial charge in [-0.2, -0.15) is 0 Å². The second-order valence-electron chi connectivity index (χ2n) is 7.40. The zero-order valence-electron chi connectivity index (χ0n) is 17.6. The van der Waals surface area contributed by atoms with Gasteiger partial charge in [0.15, 0.2) is 0 Å². The minimum absolute atomic E-state index is 0.0547. The molecule has 3 rings (SSSR count). The minimum Gasteiger partial charge on any atom is -0.348 e. The van der Waals surface area contributed by atoms with Crippen molar-refractivity contribution in [2.45, 2.75) is 38.3 Å². The molecule has 162 valence electrons. The highest BCUT2D eigenvalue weighted by Crippen LogP contribution is 2.15. The number of benzene rings is 2. The van der Waals surface area contributed by atoms with E-state index in [2.05, 4.69) is 10.0 Å². The Kier molecular flexibility index (Phi) is 6.60. The van der Waals surface area contributed by atoms with E-state index in [1.807, 2.05) is 44.2 Å². The van der Waals surface area contributed by atoms with Crippen molar-refractivity contribution in [1.82, 2.24) is 9.88 Å². The number of pyridine rings is 1. The Morgan fingerprint density at radius 1 is 0.968 bits per heavy atom. The van der Waals surface area contributed by atoms with Gasteiger partial charge in [-0.1, -0.05) is 48.0 Å². The molecule has 0 saturated heterocycles. The molecule has 8 heteroatoms. The Morgan fingerprint density at radius 2 is 1.61 bits per heavy atom. The second kappa shape index (κ2) is 9.18. The van der Waals surface area contributed by atoms with E-state index < -0.39 is 15.6 Å². The van der Waals surface area contributed by atoms with Gasteiger partial charge >= 0.3 is 0 Å². The van der Waals surface area contributed by atoms with E-state index in [0.717, 1.165) is 11.1 Å². The highest BCUT2D eigenvalue weighted by molar-refractivity contribution is 7.92. The van der Waals surface area contributed by atoms with Gasteiger partial charge in [0, 0.05) is 5.69 Å². The van der Waals surface area contributed by atoms with Gasteiger partial charge in [0.25, 0.3) is 15.6 Å². The maximum atomic E-state index is 12.9. The molecule has 0 bridgehead atoms. The highest BCUT2D eigenvalue weighted by Gasteiger charge is 2.18. The molecule has 0 radical (unpaired) electrons. The summed E-state index contributed by atoms with van der Waals surface area (Å²) >= 11 is 0. The Bertz CT molecular complexity index is 1230. The molecule has 7 nitrogen and oxygen atoms in total. The first-order chi connectivity index (χ1) is 14.7. The van der Waals surface area contributed by atoms with Gasteiger partial charge in [0.1, 0.15) is 12.2 Å². The van der Waals surface area contributed by atoms with E-state index in [1.165, 1.54) is 22.8 Å². The third-order valence-electron chi connectivity index (χ3n) is 4.95. The lowest BCUT2D eigenvalue weighted by Gasteiger charge is -2.17. The number of aryl methyl sites for hydroxylation is 2. The Balaban J connectivity index is 1.80. The number of sulfonamides is 1. The number of rotatable bonds is 7. The number of nitrogens with zero attached hydrogens (tertiary/aromatic N) is 1. The van der Waals surface area contributed by atoms with E-state index >= 15 is 0 Å². The van der Waals surface area contributed by atoms with Crippen LogP contribution in [0, 0.1) is 13.8 Å². The number of carbonyl (C=O) groups is 1. The van der Waals surface area contributed by atoms with Crippen molar-refractivity contribution >= 4 is 21.6 Å². The lowest BCUT2D eigenvalue weighted by molar-refractivity contribution is -0.122. The normalized spacial score (nSPS) is 12.2. The first-order valence-electron chi connectivity index (χ1n) is 9.81. The molecule has 0 aliphatic heterocycles. The van der Waals surface area contributed by atoms with Crippen LogP contribution in [0.15, 0.2) is 76.4 Å². The van der Waals surface area contributed by atoms with Gasteiger partial charge in [-0.3, -0.25) is 14.3 Å². The standard InChI is InChI=1S/C23H25N3O4S/c1-16-9-12-20(13-10-16)31(29,30)25-21-14-11-17(2)26(23(21)28)15-22(27)24-18(3)19-7-5-4-6-8-19/h4-14,18,25H,15H2,1-3H3,(H,24,27)/t18-/m1/s1. The van der Waals surface area contributed by atoms with Crippen molar-refractivity contribution in [1.29, 1.82) is 0 Å². The van der Waals surface area contributed by atoms with Gasteiger partial charge in [-0.15, -0.1) is 0 Å². The van der Waals surface area contributed by atoms with Gasteiger partial charge in [-0.05, 0) is 50.6 Å². The fourth-order valence-corrected chi connectivity index (χ4v) is 4.18. The van der Waals surface area contributed by atoms with Gasteiger partial charge < -0.3 is 9.88 Å².